The Labute approximate surface area is 126 Å². The van der Waals surface area contributed by atoms with Crippen LogP contribution in [-0.2, 0) is 0 Å². The minimum absolute atomic E-state index is 0.752. The molecule has 2 saturated heterocycles. The molecule has 0 spiro atoms. The molecule has 0 bridgehead atoms. The standard InChI is InChI=1S/C15H28N2S2/c1-11(2)15-7-16-14(12-3-4-12)9-17(15)8-13-10-18-5-6-19-13/h11-16H,3-10H2,1-2H3. The van der Waals surface area contributed by atoms with Gasteiger partial charge >= 0.3 is 0 Å². The number of hydrogen-bond donors (Lipinski definition) is 1. The zero-order valence-electron chi connectivity index (χ0n) is 12.3. The van der Waals surface area contributed by atoms with Gasteiger partial charge in [0.15, 0.2) is 0 Å². The fourth-order valence-corrected chi connectivity index (χ4v) is 6.13. The molecule has 4 heteroatoms. The van der Waals surface area contributed by atoms with Crippen LogP contribution in [-0.4, -0.2) is 59.1 Å². The van der Waals surface area contributed by atoms with Gasteiger partial charge in [-0.05, 0) is 24.7 Å². The average molecular weight is 301 g/mol. The molecule has 0 aromatic carbocycles. The van der Waals surface area contributed by atoms with Crippen molar-refractivity contribution in [2.24, 2.45) is 11.8 Å². The molecule has 2 aliphatic heterocycles. The molecule has 0 amide bonds. The van der Waals surface area contributed by atoms with E-state index in [1.54, 1.807) is 0 Å². The maximum absolute atomic E-state index is 3.83. The van der Waals surface area contributed by atoms with Crippen LogP contribution in [0.5, 0.6) is 0 Å². The molecule has 0 radical (unpaired) electrons. The second-order valence-electron chi connectivity index (χ2n) is 6.69. The highest BCUT2D eigenvalue weighted by atomic mass is 32.2. The van der Waals surface area contributed by atoms with E-state index in [-0.39, 0.29) is 0 Å². The van der Waals surface area contributed by atoms with Crippen LogP contribution in [0.25, 0.3) is 0 Å². The normalized spacial score (nSPS) is 37.7. The predicted octanol–water partition coefficient (Wildman–Crippen LogP) is 2.54. The first kappa shape index (κ1) is 14.6. The summed E-state index contributed by atoms with van der Waals surface area (Å²) in [6, 6.07) is 1.54. The van der Waals surface area contributed by atoms with E-state index in [4.69, 9.17) is 0 Å². The molecule has 1 N–H and O–H groups in total. The topological polar surface area (TPSA) is 15.3 Å². The largest absolute Gasteiger partial charge is 0.311 e. The van der Waals surface area contributed by atoms with E-state index >= 15 is 0 Å². The van der Waals surface area contributed by atoms with Crippen molar-refractivity contribution in [1.82, 2.24) is 10.2 Å². The third-order valence-corrected chi connectivity index (χ3v) is 7.60. The van der Waals surface area contributed by atoms with Crippen molar-refractivity contribution in [3.8, 4) is 0 Å². The van der Waals surface area contributed by atoms with Gasteiger partial charge in [0.2, 0.25) is 0 Å². The van der Waals surface area contributed by atoms with Crippen molar-refractivity contribution in [2.75, 3.05) is 36.9 Å². The Balaban J connectivity index is 1.58. The minimum atomic E-state index is 0.752. The molecule has 2 nitrogen and oxygen atoms in total. The summed E-state index contributed by atoms with van der Waals surface area (Å²) in [7, 11) is 0. The second-order valence-corrected chi connectivity index (χ2v) is 9.24. The molecule has 1 aliphatic carbocycles. The fourth-order valence-electron chi connectivity index (χ4n) is 3.44. The van der Waals surface area contributed by atoms with Crippen LogP contribution in [0.3, 0.4) is 0 Å². The molecular weight excluding hydrogens is 272 g/mol. The zero-order chi connectivity index (χ0) is 13.2. The van der Waals surface area contributed by atoms with Crippen molar-refractivity contribution in [3.05, 3.63) is 0 Å². The average Bonchev–Trinajstić information content (AvgIpc) is 3.24. The Morgan fingerprint density at radius 1 is 1.26 bits per heavy atom. The van der Waals surface area contributed by atoms with E-state index in [1.807, 2.05) is 0 Å². The van der Waals surface area contributed by atoms with Crippen LogP contribution in [0.15, 0.2) is 0 Å². The summed E-state index contributed by atoms with van der Waals surface area (Å²) in [5, 5.41) is 4.70. The van der Waals surface area contributed by atoms with E-state index in [2.05, 4.69) is 47.6 Å². The van der Waals surface area contributed by atoms with Gasteiger partial charge in [0, 0.05) is 54.2 Å². The molecule has 2 heterocycles. The first-order valence-corrected chi connectivity index (χ1v) is 10.1. The monoisotopic (exact) mass is 300 g/mol. The Bertz CT molecular complexity index is 288. The van der Waals surface area contributed by atoms with Gasteiger partial charge in [-0.1, -0.05) is 13.8 Å². The number of rotatable bonds is 4. The van der Waals surface area contributed by atoms with Crippen LogP contribution in [0.4, 0.5) is 0 Å². The van der Waals surface area contributed by atoms with Crippen LogP contribution >= 0.6 is 23.5 Å². The molecule has 3 aliphatic rings. The number of piperazine rings is 1. The van der Waals surface area contributed by atoms with Crippen molar-refractivity contribution < 1.29 is 0 Å². The Hall–Kier alpha value is 0.620. The number of thioether (sulfide) groups is 2. The molecule has 1 saturated carbocycles. The van der Waals surface area contributed by atoms with Crippen LogP contribution in [0.1, 0.15) is 26.7 Å². The maximum Gasteiger partial charge on any atom is 0.0265 e. The lowest BCUT2D eigenvalue weighted by Crippen LogP contribution is -2.60. The third kappa shape index (κ3) is 3.84. The number of nitrogens with zero attached hydrogens (tertiary/aromatic N) is 1. The van der Waals surface area contributed by atoms with Crippen LogP contribution < -0.4 is 5.32 Å². The number of nitrogens with one attached hydrogen (secondary N) is 1. The molecule has 3 atom stereocenters. The quantitative estimate of drug-likeness (QED) is 0.858. The summed E-state index contributed by atoms with van der Waals surface area (Å²) >= 11 is 4.37. The highest BCUT2D eigenvalue weighted by Crippen LogP contribution is 2.35. The first-order valence-electron chi connectivity index (χ1n) is 7.91. The number of hydrogen-bond acceptors (Lipinski definition) is 4. The third-order valence-electron chi connectivity index (χ3n) is 4.77. The van der Waals surface area contributed by atoms with E-state index in [0.717, 1.165) is 29.2 Å². The molecule has 19 heavy (non-hydrogen) atoms. The smallest absolute Gasteiger partial charge is 0.0265 e. The molecule has 3 rings (SSSR count). The van der Waals surface area contributed by atoms with Gasteiger partial charge in [-0.25, -0.2) is 0 Å². The van der Waals surface area contributed by atoms with Gasteiger partial charge in [-0.15, -0.1) is 0 Å². The van der Waals surface area contributed by atoms with Crippen molar-refractivity contribution in [1.29, 1.82) is 0 Å². The minimum Gasteiger partial charge on any atom is -0.311 e. The molecule has 110 valence electrons. The molecule has 3 unspecified atom stereocenters. The summed E-state index contributed by atoms with van der Waals surface area (Å²) in [4.78, 5) is 2.83. The summed E-state index contributed by atoms with van der Waals surface area (Å²) < 4.78 is 0. The van der Waals surface area contributed by atoms with Gasteiger partial charge in [-0.2, -0.15) is 23.5 Å². The lowest BCUT2D eigenvalue weighted by molar-refractivity contribution is 0.0941. The van der Waals surface area contributed by atoms with E-state index in [9.17, 15) is 0 Å². The van der Waals surface area contributed by atoms with Crippen LogP contribution in [0, 0.1) is 11.8 Å². The maximum atomic E-state index is 3.83. The first-order chi connectivity index (χ1) is 9.24. The lowest BCUT2D eigenvalue weighted by atomic mass is 9.97. The summed E-state index contributed by atoms with van der Waals surface area (Å²) in [5.74, 6) is 5.85. The Morgan fingerprint density at radius 3 is 2.74 bits per heavy atom. The van der Waals surface area contributed by atoms with Crippen molar-refractivity contribution in [3.63, 3.8) is 0 Å². The summed E-state index contributed by atoms with van der Waals surface area (Å²) in [5.41, 5.74) is 0. The van der Waals surface area contributed by atoms with E-state index < -0.39 is 0 Å². The van der Waals surface area contributed by atoms with E-state index in [0.29, 0.717) is 0 Å². The molecule has 0 aromatic heterocycles. The molecular formula is C15H28N2S2. The van der Waals surface area contributed by atoms with Gasteiger partial charge in [-0.3, -0.25) is 4.90 Å². The second kappa shape index (κ2) is 6.59. The Kier molecular flexibility index (Phi) is 5.05. The fraction of sp³-hybridized carbons (Fsp3) is 1.00. The van der Waals surface area contributed by atoms with E-state index in [1.165, 1.54) is 49.7 Å². The predicted molar refractivity (Wildman–Crippen MR) is 88.3 cm³/mol. The van der Waals surface area contributed by atoms with Crippen LogP contribution in [0.2, 0.25) is 0 Å². The summed E-state index contributed by atoms with van der Waals surface area (Å²) in [6.07, 6.45) is 2.93. The van der Waals surface area contributed by atoms with Gasteiger partial charge in [0.1, 0.15) is 0 Å². The van der Waals surface area contributed by atoms with Gasteiger partial charge in [0.25, 0.3) is 0 Å². The lowest BCUT2D eigenvalue weighted by Gasteiger charge is -2.44. The van der Waals surface area contributed by atoms with Crippen molar-refractivity contribution in [2.45, 2.75) is 44.0 Å². The van der Waals surface area contributed by atoms with Gasteiger partial charge in [0.05, 0.1) is 0 Å². The van der Waals surface area contributed by atoms with Gasteiger partial charge < -0.3 is 5.32 Å². The highest BCUT2D eigenvalue weighted by molar-refractivity contribution is 8.06. The van der Waals surface area contributed by atoms with Crippen molar-refractivity contribution >= 4 is 23.5 Å². The zero-order valence-corrected chi connectivity index (χ0v) is 13.9. The molecule has 3 fully saturated rings. The summed E-state index contributed by atoms with van der Waals surface area (Å²) in [6.45, 7) is 8.61. The highest BCUT2D eigenvalue weighted by Gasteiger charge is 2.38. The Morgan fingerprint density at radius 2 is 2.11 bits per heavy atom. The SMILES string of the molecule is CC(C)C1CNC(C2CC2)CN1CC1CSCCS1. The molecule has 0 aromatic rings.